The van der Waals surface area contributed by atoms with E-state index in [0.29, 0.717) is 11.1 Å². The number of aryl methyl sites for hydroxylation is 1. The second kappa shape index (κ2) is 7.10. The molecule has 27 heavy (non-hydrogen) atoms. The number of carbonyl (C=O) groups is 2. The minimum Gasteiger partial charge on any atom is -0.349 e. The Morgan fingerprint density at radius 2 is 1.96 bits per heavy atom. The predicted molar refractivity (Wildman–Crippen MR) is 101 cm³/mol. The Morgan fingerprint density at radius 3 is 2.63 bits per heavy atom. The molecule has 140 valence electrons. The van der Waals surface area contributed by atoms with Crippen LogP contribution in [0.25, 0.3) is 0 Å². The molecular formula is C21H24N4O2. The van der Waals surface area contributed by atoms with E-state index in [4.69, 9.17) is 0 Å². The second-order valence-electron chi connectivity index (χ2n) is 7.68. The zero-order chi connectivity index (χ0) is 18.9. The third kappa shape index (κ3) is 3.56. The number of aromatic nitrogens is 2. The lowest BCUT2D eigenvalue weighted by molar-refractivity contribution is 0.0609. The van der Waals surface area contributed by atoms with Crippen LogP contribution in [-0.4, -0.2) is 45.8 Å². The fraction of sp³-hybridized carbons (Fsp3) is 0.429. The van der Waals surface area contributed by atoms with Crippen molar-refractivity contribution in [2.45, 2.75) is 38.6 Å². The molecule has 0 unspecified atom stereocenters. The molecule has 3 heterocycles. The first-order valence-electron chi connectivity index (χ1n) is 9.54. The highest BCUT2D eigenvalue weighted by Gasteiger charge is 2.49. The average Bonchev–Trinajstić information content (AvgIpc) is 3.13. The van der Waals surface area contributed by atoms with Crippen LogP contribution in [0.1, 0.15) is 52.6 Å². The van der Waals surface area contributed by atoms with Gasteiger partial charge < -0.3 is 10.2 Å². The number of pyridine rings is 2. The van der Waals surface area contributed by atoms with Crippen molar-refractivity contribution in [2.75, 3.05) is 13.1 Å². The first-order valence-corrected chi connectivity index (χ1v) is 9.54. The summed E-state index contributed by atoms with van der Waals surface area (Å²) < 4.78 is 0. The van der Waals surface area contributed by atoms with Gasteiger partial charge in [0, 0.05) is 49.0 Å². The molecule has 2 fully saturated rings. The van der Waals surface area contributed by atoms with Gasteiger partial charge in [-0.05, 0) is 55.4 Å². The highest BCUT2D eigenvalue weighted by molar-refractivity contribution is 5.95. The molecule has 6 heteroatoms. The smallest absolute Gasteiger partial charge is 0.255 e. The van der Waals surface area contributed by atoms with Crippen LogP contribution in [-0.2, 0) is 6.42 Å². The number of amides is 2. The van der Waals surface area contributed by atoms with Crippen molar-refractivity contribution in [1.82, 2.24) is 20.2 Å². The molecule has 0 radical (unpaired) electrons. The number of rotatable bonds is 4. The van der Waals surface area contributed by atoms with Crippen molar-refractivity contribution < 1.29 is 9.59 Å². The molecule has 1 aliphatic carbocycles. The number of nitrogens with one attached hydrogen (secondary N) is 1. The van der Waals surface area contributed by atoms with Gasteiger partial charge in [0.05, 0.1) is 5.56 Å². The number of hydrogen-bond acceptors (Lipinski definition) is 4. The van der Waals surface area contributed by atoms with Gasteiger partial charge in [-0.2, -0.15) is 0 Å². The Bertz CT molecular complexity index is 829. The van der Waals surface area contributed by atoms with Crippen LogP contribution in [0.2, 0.25) is 0 Å². The Labute approximate surface area is 159 Å². The maximum atomic E-state index is 12.7. The highest BCUT2D eigenvalue weighted by atomic mass is 16.2. The Kier molecular flexibility index (Phi) is 4.64. The standard InChI is InChI=1S/C21H24N4O2/c1-2-17-4-3-16(13-23-17)20(27)25-10-7-21(14-25)11-18(12-21)24-19(26)15-5-8-22-9-6-15/h3-6,8-9,13,18H,2,7,10-12,14H2,1H3,(H,24,26). The minimum absolute atomic E-state index is 0.0507. The van der Waals surface area contributed by atoms with Crippen LogP contribution >= 0.6 is 0 Å². The van der Waals surface area contributed by atoms with Gasteiger partial charge in [-0.1, -0.05) is 6.92 Å². The topological polar surface area (TPSA) is 75.2 Å². The predicted octanol–water partition coefficient (Wildman–Crippen LogP) is 2.46. The van der Waals surface area contributed by atoms with E-state index in [0.717, 1.165) is 44.5 Å². The Balaban J connectivity index is 1.31. The second-order valence-corrected chi connectivity index (χ2v) is 7.68. The monoisotopic (exact) mass is 364 g/mol. The number of nitrogens with zero attached hydrogens (tertiary/aromatic N) is 3. The van der Waals surface area contributed by atoms with Crippen molar-refractivity contribution in [3.05, 3.63) is 59.7 Å². The molecule has 0 aromatic carbocycles. The minimum atomic E-state index is -0.0507. The highest BCUT2D eigenvalue weighted by Crippen LogP contribution is 2.48. The lowest BCUT2D eigenvalue weighted by Gasteiger charge is -2.45. The first kappa shape index (κ1) is 17.6. The molecule has 0 bridgehead atoms. The summed E-state index contributed by atoms with van der Waals surface area (Å²) in [6, 6.07) is 7.42. The maximum absolute atomic E-state index is 12.7. The van der Waals surface area contributed by atoms with Crippen molar-refractivity contribution in [3.63, 3.8) is 0 Å². The van der Waals surface area contributed by atoms with Gasteiger partial charge in [0.15, 0.2) is 0 Å². The van der Waals surface area contributed by atoms with E-state index in [-0.39, 0.29) is 23.3 Å². The van der Waals surface area contributed by atoms with Gasteiger partial charge >= 0.3 is 0 Å². The molecule has 1 saturated carbocycles. The van der Waals surface area contributed by atoms with E-state index in [1.54, 1.807) is 30.7 Å². The maximum Gasteiger partial charge on any atom is 0.255 e. The summed E-state index contributed by atoms with van der Waals surface area (Å²) in [5.74, 6) is 0.0107. The summed E-state index contributed by atoms with van der Waals surface area (Å²) in [4.78, 5) is 35.2. The average molecular weight is 364 g/mol. The molecule has 1 spiro atoms. The zero-order valence-corrected chi connectivity index (χ0v) is 15.5. The Hall–Kier alpha value is -2.76. The van der Waals surface area contributed by atoms with Crippen LogP contribution in [0.15, 0.2) is 42.9 Å². The number of carbonyl (C=O) groups excluding carboxylic acids is 2. The van der Waals surface area contributed by atoms with Crippen molar-refractivity contribution in [3.8, 4) is 0 Å². The van der Waals surface area contributed by atoms with Gasteiger partial charge in [0.1, 0.15) is 0 Å². The van der Waals surface area contributed by atoms with Gasteiger partial charge in [-0.25, -0.2) is 0 Å². The van der Waals surface area contributed by atoms with Gasteiger partial charge in [-0.15, -0.1) is 0 Å². The van der Waals surface area contributed by atoms with Crippen molar-refractivity contribution in [1.29, 1.82) is 0 Å². The molecule has 1 aliphatic heterocycles. The fourth-order valence-electron chi connectivity index (χ4n) is 4.24. The lowest BCUT2D eigenvalue weighted by Crippen LogP contribution is -2.52. The lowest BCUT2D eigenvalue weighted by atomic mass is 9.65. The van der Waals surface area contributed by atoms with E-state index in [1.165, 1.54) is 0 Å². The molecule has 2 aromatic heterocycles. The van der Waals surface area contributed by atoms with Crippen LogP contribution < -0.4 is 5.32 Å². The third-order valence-electron chi connectivity index (χ3n) is 5.80. The molecular weight excluding hydrogens is 340 g/mol. The Morgan fingerprint density at radius 1 is 1.19 bits per heavy atom. The summed E-state index contributed by atoms with van der Waals surface area (Å²) >= 11 is 0. The molecule has 1 N–H and O–H groups in total. The van der Waals surface area contributed by atoms with E-state index < -0.39 is 0 Å². The van der Waals surface area contributed by atoms with Crippen molar-refractivity contribution in [2.24, 2.45) is 5.41 Å². The number of hydrogen-bond donors (Lipinski definition) is 1. The van der Waals surface area contributed by atoms with Gasteiger partial charge in [0.25, 0.3) is 11.8 Å². The number of likely N-dealkylation sites (tertiary alicyclic amines) is 1. The van der Waals surface area contributed by atoms with Crippen LogP contribution in [0, 0.1) is 5.41 Å². The molecule has 2 aliphatic rings. The van der Waals surface area contributed by atoms with E-state index in [2.05, 4.69) is 22.2 Å². The molecule has 0 atom stereocenters. The van der Waals surface area contributed by atoms with Crippen LogP contribution in [0.5, 0.6) is 0 Å². The van der Waals surface area contributed by atoms with Gasteiger partial charge in [0.2, 0.25) is 0 Å². The summed E-state index contributed by atoms with van der Waals surface area (Å²) in [5.41, 5.74) is 2.45. The SMILES string of the molecule is CCc1ccc(C(=O)N2CCC3(CC(NC(=O)c4ccncc4)C3)C2)cn1. The normalized spacial score (nSPS) is 23.9. The summed E-state index contributed by atoms with van der Waals surface area (Å²) in [5, 5.41) is 3.09. The largest absolute Gasteiger partial charge is 0.349 e. The van der Waals surface area contributed by atoms with Crippen LogP contribution in [0.3, 0.4) is 0 Å². The fourth-order valence-corrected chi connectivity index (χ4v) is 4.24. The van der Waals surface area contributed by atoms with Crippen molar-refractivity contribution >= 4 is 11.8 Å². The zero-order valence-electron chi connectivity index (χ0n) is 15.5. The van der Waals surface area contributed by atoms with Crippen LogP contribution in [0.4, 0.5) is 0 Å². The summed E-state index contributed by atoms with van der Waals surface area (Å²) in [7, 11) is 0. The molecule has 1 saturated heterocycles. The third-order valence-corrected chi connectivity index (χ3v) is 5.80. The van der Waals surface area contributed by atoms with E-state index in [1.807, 2.05) is 17.0 Å². The molecule has 2 amide bonds. The van der Waals surface area contributed by atoms with E-state index >= 15 is 0 Å². The summed E-state index contributed by atoms with van der Waals surface area (Å²) in [6.45, 7) is 3.59. The first-order chi connectivity index (χ1) is 13.1. The summed E-state index contributed by atoms with van der Waals surface area (Å²) in [6.07, 6.45) is 8.67. The van der Waals surface area contributed by atoms with Gasteiger partial charge in [-0.3, -0.25) is 19.6 Å². The molecule has 2 aromatic rings. The molecule has 6 nitrogen and oxygen atoms in total. The van der Waals surface area contributed by atoms with E-state index in [9.17, 15) is 9.59 Å². The quantitative estimate of drug-likeness (QED) is 0.904. The molecule has 4 rings (SSSR count).